The molecule has 13 heteroatoms. The fourth-order valence-electron chi connectivity index (χ4n) is 3.29. The highest BCUT2D eigenvalue weighted by Gasteiger charge is 2.51. The van der Waals surface area contributed by atoms with Crippen LogP contribution in [0, 0.1) is 0 Å². The number of halogens is 3. The second-order valence-electron chi connectivity index (χ2n) is 8.09. The fourth-order valence-corrected chi connectivity index (χ4v) is 3.29. The molecular weight excluding hydrogens is 469 g/mol. The number of hydrogen-bond acceptors (Lipinski definition) is 7. The third-order valence-electron chi connectivity index (χ3n) is 5.43. The molecule has 0 spiro atoms. The zero-order valence-electron chi connectivity index (χ0n) is 18.4. The minimum absolute atomic E-state index is 0.0393. The Bertz CT molecular complexity index is 1210. The van der Waals surface area contributed by atoms with E-state index in [-0.39, 0.29) is 29.5 Å². The molecule has 10 nitrogen and oxygen atoms in total. The third-order valence-corrected chi connectivity index (χ3v) is 5.43. The summed E-state index contributed by atoms with van der Waals surface area (Å²) in [5.74, 6) is -1.27. The maximum absolute atomic E-state index is 13.4. The molecular formula is C22H21F3N6O4. The Kier molecular flexibility index (Phi) is 6.43. The molecule has 1 atom stereocenters. The van der Waals surface area contributed by atoms with Gasteiger partial charge in [0.1, 0.15) is 17.0 Å². The monoisotopic (exact) mass is 490 g/mol. The predicted molar refractivity (Wildman–Crippen MR) is 114 cm³/mol. The summed E-state index contributed by atoms with van der Waals surface area (Å²) in [5, 5.41) is 24.5. The Labute approximate surface area is 196 Å². The number of carbonyl (C=O) groups excluding carboxylic acids is 2. The van der Waals surface area contributed by atoms with Gasteiger partial charge in [0.05, 0.1) is 36.3 Å². The van der Waals surface area contributed by atoms with Crippen LogP contribution in [0.4, 0.5) is 13.2 Å². The number of aliphatic hydroxyl groups is 1. The lowest BCUT2D eigenvalue weighted by atomic mass is 10.1. The molecule has 2 heterocycles. The minimum Gasteiger partial charge on any atom is -0.455 e. The second-order valence-corrected chi connectivity index (χ2v) is 8.09. The van der Waals surface area contributed by atoms with Crippen LogP contribution in [0.1, 0.15) is 53.2 Å². The molecule has 1 aliphatic rings. The van der Waals surface area contributed by atoms with E-state index in [4.69, 9.17) is 4.74 Å². The van der Waals surface area contributed by atoms with Gasteiger partial charge in [0.2, 0.25) is 5.91 Å². The highest BCUT2D eigenvalue weighted by Crippen LogP contribution is 2.39. The van der Waals surface area contributed by atoms with Gasteiger partial charge in [0.25, 0.3) is 5.91 Å². The Morgan fingerprint density at radius 3 is 2.57 bits per heavy atom. The summed E-state index contributed by atoms with van der Waals surface area (Å²) in [6.07, 6.45) is -2.32. The molecule has 1 fully saturated rings. The van der Waals surface area contributed by atoms with E-state index in [2.05, 4.69) is 31.0 Å². The van der Waals surface area contributed by atoms with Crippen molar-refractivity contribution in [2.45, 2.75) is 44.1 Å². The number of aromatic amines is 1. The first-order valence-corrected chi connectivity index (χ1v) is 10.6. The summed E-state index contributed by atoms with van der Waals surface area (Å²) >= 11 is 0. The van der Waals surface area contributed by atoms with E-state index < -0.39 is 35.0 Å². The van der Waals surface area contributed by atoms with Crippen LogP contribution in [0.5, 0.6) is 11.5 Å². The lowest BCUT2D eigenvalue weighted by Crippen LogP contribution is -2.48. The summed E-state index contributed by atoms with van der Waals surface area (Å²) < 4.78 is 45.7. The fraction of sp³-hybridized carbons (Fsp3) is 0.318. The van der Waals surface area contributed by atoms with Gasteiger partial charge in [-0.05, 0) is 49.6 Å². The topological polar surface area (TPSA) is 142 Å². The van der Waals surface area contributed by atoms with Gasteiger partial charge in [-0.3, -0.25) is 14.6 Å². The highest BCUT2D eigenvalue weighted by molar-refractivity contribution is 5.99. The first kappa shape index (κ1) is 24.1. The number of nitrogens with zero attached hydrogens (tertiary/aromatic N) is 3. The quantitative estimate of drug-likeness (QED) is 0.380. The Balaban J connectivity index is 1.37. The summed E-state index contributed by atoms with van der Waals surface area (Å²) in [4.78, 5) is 28.8. The highest BCUT2D eigenvalue weighted by atomic mass is 19.4. The van der Waals surface area contributed by atoms with Crippen LogP contribution in [-0.4, -0.2) is 42.9 Å². The molecule has 35 heavy (non-hydrogen) atoms. The van der Waals surface area contributed by atoms with E-state index in [0.29, 0.717) is 18.5 Å². The van der Waals surface area contributed by atoms with Crippen molar-refractivity contribution in [3.63, 3.8) is 0 Å². The van der Waals surface area contributed by atoms with E-state index in [1.54, 1.807) is 0 Å². The van der Waals surface area contributed by atoms with Crippen molar-refractivity contribution in [2.24, 2.45) is 0 Å². The van der Waals surface area contributed by atoms with E-state index in [1.807, 2.05) is 0 Å². The summed E-state index contributed by atoms with van der Waals surface area (Å²) in [7, 11) is 0. The molecule has 1 aromatic carbocycles. The summed E-state index contributed by atoms with van der Waals surface area (Å²) in [6, 6.07) is 6.26. The molecule has 4 N–H and O–H groups in total. The van der Waals surface area contributed by atoms with Crippen LogP contribution in [0.3, 0.4) is 0 Å². The number of alkyl halides is 3. The van der Waals surface area contributed by atoms with Crippen molar-refractivity contribution in [1.82, 2.24) is 31.0 Å². The lowest BCUT2D eigenvalue weighted by molar-refractivity contribution is -0.138. The van der Waals surface area contributed by atoms with Gasteiger partial charge in [-0.15, -0.1) is 0 Å². The predicted octanol–water partition coefficient (Wildman–Crippen LogP) is 2.64. The van der Waals surface area contributed by atoms with Gasteiger partial charge >= 0.3 is 6.18 Å². The molecule has 184 valence electrons. The Morgan fingerprint density at radius 1 is 1.23 bits per heavy atom. The number of nitrogens with one attached hydrogen (secondary N) is 3. The van der Waals surface area contributed by atoms with Crippen molar-refractivity contribution in [1.29, 1.82) is 0 Å². The van der Waals surface area contributed by atoms with Crippen LogP contribution >= 0.6 is 0 Å². The normalized spacial score (nSPS) is 15.2. The van der Waals surface area contributed by atoms with Gasteiger partial charge in [-0.1, -0.05) is 6.07 Å². The zero-order chi connectivity index (χ0) is 25.2. The molecule has 1 aliphatic carbocycles. The van der Waals surface area contributed by atoms with Gasteiger partial charge in [-0.2, -0.15) is 28.6 Å². The van der Waals surface area contributed by atoms with Crippen LogP contribution in [-0.2, 0) is 17.5 Å². The maximum atomic E-state index is 13.4. The number of rotatable bonds is 8. The smallest absolute Gasteiger partial charge is 0.419 e. The van der Waals surface area contributed by atoms with Crippen molar-refractivity contribution in [3.8, 4) is 11.5 Å². The molecule has 0 saturated heterocycles. The van der Waals surface area contributed by atoms with E-state index >= 15 is 0 Å². The second kappa shape index (κ2) is 9.33. The van der Waals surface area contributed by atoms with Crippen molar-refractivity contribution < 1.29 is 32.6 Å². The SMILES string of the molecule is CC(O)c1ccc(Oc2ccc(CNC(=O)C3(NC(=O)c4cn[nH]n4)CC3)nc2)c(C(F)(F)F)c1. The summed E-state index contributed by atoms with van der Waals surface area (Å²) in [5.41, 5.74) is -1.43. The first-order valence-electron chi connectivity index (χ1n) is 10.6. The van der Waals surface area contributed by atoms with Gasteiger partial charge < -0.3 is 20.5 Å². The van der Waals surface area contributed by atoms with Crippen LogP contribution < -0.4 is 15.4 Å². The van der Waals surface area contributed by atoms with Crippen LogP contribution in [0.2, 0.25) is 0 Å². The number of aromatic nitrogens is 4. The van der Waals surface area contributed by atoms with Gasteiger partial charge in [-0.25, -0.2) is 0 Å². The third kappa shape index (κ3) is 5.57. The number of H-pyrrole nitrogens is 1. The molecule has 0 bridgehead atoms. The zero-order valence-corrected chi connectivity index (χ0v) is 18.4. The number of ether oxygens (including phenoxy) is 1. The molecule has 0 aliphatic heterocycles. The molecule has 3 aromatic rings. The van der Waals surface area contributed by atoms with Crippen molar-refractivity contribution in [3.05, 3.63) is 65.2 Å². The maximum Gasteiger partial charge on any atom is 0.419 e. The van der Waals surface area contributed by atoms with Crippen LogP contribution in [0.15, 0.2) is 42.7 Å². The summed E-state index contributed by atoms with van der Waals surface area (Å²) in [6.45, 7) is 1.41. The standard InChI is InChI=1S/C22H21F3N6O4/c1-12(32)13-2-5-18(16(8-13)22(23,24)25)35-15-4-3-14(26-10-15)9-27-20(34)21(6-7-21)29-19(33)17-11-28-31-30-17/h2-5,8,10-12,32H,6-7,9H2,1H3,(H,27,34)(H,29,33)(H,28,30,31). The van der Waals surface area contributed by atoms with Crippen molar-refractivity contribution in [2.75, 3.05) is 0 Å². The number of hydrogen-bond donors (Lipinski definition) is 4. The number of amides is 2. The van der Waals surface area contributed by atoms with Crippen LogP contribution in [0.25, 0.3) is 0 Å². The van der Waals surface area contributed by atoms with E-state index in [0.717, 1.165) is 12.1 Å². The molecule has 1 unspecified atom stereocenters. The van der Waals surface area contributed by atoms with Gasteiger partial charge in [0, 0.05) is 0 Å². The number of benzene rings is 1. The molecule has 0 radical (unpaired) electrons. The van der Waals surface area contributed by atoms with E-state index in [9.17, 15) is 27.9 Å². The largest absolute Gasteiger partial charge is 0.455 e. The lowest BCUT2D eigenvalue weighted by Gasteiger charge is -2.17. The van der Waals surface area contributed by atoms with E-state index in [1.165, 1.54) is 37.5 Å². The number of carbonyl (C=O) groups is 2. The number of pyridine rings is 1. The first-order chi connectivity index (χ1) is 16.6. The van der Waals surface area contributed by atoms with Gasteiger partial charge in [0.15, 0.2) is 5.69 Å². The Hall–Kier alpha value is -4.00. The molecule has 2 amide bonds. The van der Waals surface area contributed by atoms with Crippen molar-refractivity contribution >= 4 is 11.8 Å². The average Bonchev–Trinajstić information content (AvgIpc) is 3.38. The average molecular weight is 490 g/mol. The molecule has 4 rings (SSSR count). The number of aliphatic hydroxyl groups excluding tert-OH is 1. The minimum atomic E-state index is -4.68. The molecule has 1 saturated carbocycles. The Morgan fingerprint density at radius 2 is 2.00 bits per heavy atom. The molecule has 2 aromatic heterocycles.